The maximum atomic E-state index is 5.53. The third-order valence-electron chi connectivity index (χ3n) is 1.42. The van der Waals surface area contributed by atoms with Crippen LogP contribution in [0.15, 0.2) is 30.7 Å². The van der Waals surface area contributed by atoms with Crippen LogP contribution in [-0.2, 0) is 0 Å². The number of fused-ring (bicyclic) bond motifs is 1. The Morgan fingerprint density at radius 2 is 2.30 bits per heavy atom. The Morgan fingerprint density at radius 3 is 3.20 bits per heavy atom. The summed E-state index contributed by atoms with van der Waals surface area (Å²) in [5.41, 5.74) is 7.17. The highest BCUT2D eigenvalue weighted by molar-refractivity contribution is 5.51. The largest absolute Gasteiger partial charge is 0.399 e. The van der Waals surface area contributed by atoms with Crippen LogP contribution in [0, 0.1) is 0 Å². The van der Waals surface area contributed by atoms with Gasteiger partial charge in [0.25, 0.3) is 0 Å². The molecular weight excluding hydrogens is 126 g/mol. The molecule has 0 spiro atoms. The first-order chi connectivity index (χ1) is 4.86. The molecule has 10 heavy (non-hydrogen) atoms. The van der Waals surface area contributed by atoms with Gasteiger partial charge >= 0.3 is 0 Å². The summed E-state index contributed by atoms with van der Waals surface area (Å²) in [6, 6.07) is 3.68. The molecule has 50 valence electrons. The van der Waals surface area contributed by atoms with Crippen molar-refractivity contribution < 1.29 is 0 Å². The van der Waals surface area contributed by atoms with Crippen LogP contribution in [0.1, 0.15) is 0 Å². The van der Waals surface area contributed by atoms with Crippen LogP contribution in [0.3, 0.4) is 0 Å². The summed E-state index contributed by atoms with van der Waals surface area (Å²) in [5.74, 6) is 0. The lowest BCUT2D eigenvalue weighted by atomic mass is 10.4. The van der Waals surface area contributed by atoms with E-state index in [-0.39, 0.29) is 0 Å². The van der Waals surface area contributed by atoms with Gasteiger partial charge in [-0.05, 0) is 6.07 Å². The number of hydrogen-bond acceptors (Lipinski definition) is 2. The quantitative estimate of drug-likeness (QED) is 0.580. The van der Waals surface area contributed by atoms with Crippen LogP contribution >= 0.6 is 0 Å². The Labute approximate surface area is 58.1 Å². The lowest BCUT2D eigenvalue weighted by Crippen LogP contribution is -1.87. The topological polar surface area (TPSA) is 43.3 Å². The van der Waals surface area contributed by atoms with Crippen LogP contribution in [0.4, 0.5) is 5.69 Å². The third kappa shape index (κ3) is 0.639. The van der Waals surface area contributed by atoms with Crippen molar-refractivity contribution in [2.45, 2.75) is 0 Å². The van der Waals surface area contributed by atoms with Crippen molar-refractivity contribution in [3.8, 4) is 0 Å². The molecule has 0 aliphatic carbocycles. The minimum absolute atomic E-state index is 0.749. The number of nitrogen functional groups attached to an aromatic ring is 1. The number of rotatable bonds is 0. The standard InChI is InChI=1S/C7H7N3/c8-6-1-3-10-4-2-9-7(10)5-6/h1-5H,8H2. The Morgan fingerprint density at radius 1 is 1.40 bits per heavy atom. The van der Waals surface area contributed by atoms with Crippen molar-refractivity contribution in [1.82, 2.24) is 9.38 Å². The second-order valence-corrected chi connectivity index (χ2v) is 2.15. The van der Waals surface area contributed by atoms with Gasteiger partial charge in [-0.3, -0.25) is 0 Å². The number of pyridine rings is 1. The molecule has 2 heterocycles. The second kappa shape index (κ2) is 1.73. The van der Waals surface area contributed by atoms with Gasteiger partial charge in [-0.25, -0.2) is 4.98 Å². The van der Waals surface area contributed by atoms with Crippen LogP contribution in [0.5, 0.6) is 0 Å². The van der Waals surface area contributed by atoms with Crippen molar-refractivity contribution >= 4 is 11.3 Å². The molecule has 0 aliphatic rings. The van der Waals surface area contributed by atoms with Gasteiger partial charge in [-0.2, -0.15) is 0 Å². The number of aromatic nitrogens is 2. The van der Waals surface area contributed by atoms with E-state index >= 15 is 0 Å². The molecule has 0 amide bonds. The Hall–Kier alpha value is -1.51. The molecule has 2 rings (SSSR count). The van der Waals surface area contributed by atoms with Gasteiger partial charge in [-0.15, -0.1) is 0 Å². The van der Waals surface area contributed by atoms with E-state index in [1.54, 1.807) is 6.20 Å². The van der Waals surface area contributed by atoms with Gasteiger partial charge in [0, 0.05) is 30.3 Å². The fourth-order valence-corrected chi connectivity index (χ4v) is 0.926. The van der Waals surface area contributed by atoms with E-state index in [4.69, 9.17) is 5.73 Å². The maximum absolute atomic E-state index is 5.53. The van der Waals surface area contributed by atoms with Gasteiger partial charge < -0.3 is 10.1 Å². The Bertz CT molecular complexity index is 350. The molecule has 2 aromatic rings. The summed E-state index contributed by atoms with van der Waals surface area (Å²) in [5, 5.41) is 0. The van der Waals surface area contributed by atoms with E-state index in [2.05, 4.69) is 4.98 Å². The Kier molecular flexibility index (Phi) is 0.917. The molecule has 0 bridgehead atoms. The fourth-order valence-electron chi connectivity index (χ4n) is 0.926. The fraction of sp³-hybridized carbons (Fsp3) is 0. The van der Waals surface area contributed by atoms with Gasteiger partial charge in [0.15, 0.2) is 0 Å². The first kappa shape index (κ1) is 5.29. The molecule has 3 heteroatoms. The molecule has 0 aliphatic heterocycles. The SMILES string of the molecule is Nc1ccn2ccnc2c1. The molecular formula is C7H7N3. The predicted octanol–water partition coefficient (Wildman–Crippen LogP) is 0.916. The van der Waals surface area contributed by atoms with E-state index in [0.717, 1.165) is 11.3 Å². The number of nitrogens with zero attached hydrogens (tertiary/aromatic N) is 2. The molecule has 0 unspecified atom stereocenters. The van der Waals surface area contributed by atoms with Crippen molar-refractivity contribution in [3.05, 3.63) is 30.7 Å². The number of anilines is 1. The van der Waals surface area contributed by atoms with Crippen molar-refractivity contribution in [1.29, 1.82) is 0 Å². The molecule has 0 saturated carbocycles. The lowest BCUT2D eigenvalue weighted by molar-refractivity contribution is 1.19. The molecule has 2 aromatic heterocycles. The zero-order chi connectivity index (χ0) is 6.97. The average Bonchev–Trinajstić information content (AvgIpc) is 2.33. The molecule has 0 saturated heterocycles. The smallest absolute Gasteiger partial charge is 0.138 e. The monoisotopic (exact) mass is 133 g/mol. The van der Waals surface area contributed by atoms with Crippen LogP contribution in [0.2, 0.25) is 0 Å². The molecule has 0 atom stereocenters. The van der Waals surface area contributed by atoms with Gasteiger partial charge in [0.1, 0.15) is 5.65 Å². The minimum Gasteiger partial charge on any atom is -0.399 e. The number of hydrogen-bond donors (Lipinski definition) is 1. The van der Waals surface area contributed by atoms with Gasteiger partial charge in [0.2, 0.25) is 0 Å². The van der Waals surface area contributed by atoms with Crippen molar-refractivity contribution in [2.75, 3.05) is 5.73 Å². The zero-order valence-electron chi connectivity index (χ0n) is 5.36. The summed E-state index contributed by atoms with van der Waals surface area (Å²) < 4.78 is 1.91. The molecule has 0 fully saturated rings. The molecule has 0 radical (unpaired) electrons. The first-order valence-corrected chi connectivity index (χ1v) is 3.04. The summed E-state index contributed by atoms with van der Waals surface area (Å²) >= 11 is 0. The average molecular weight is 133 g/mol. The van der Waals surface area contributed by atoms with E-state index in [9.17, 15) is 0 Å². The van der Waals surface area contributed by atoms with Crippen LogP contribution < -0.4 is 5.73 Å². The van der Waals surface area contributed by atoms with Gasteiger partial charge in [-0.1, -0.05) is 0 Å². The minimum atomic E-state index is 0.749. The second-order valence-electron chi connectivity index (χ2n) is 2.15. The predicted molar refractivity (Wildman–Crippen MR) is 39.6 cm³/mol. The molecule has 3 nitrogen and oxygen atoms in total. The van der Waals surface area contributed by atoms with E-state index in [1.165, 1.54) is 0 Å². The summed E-state index contributed by atoms with van der Waals surface area (Å²) in [7, 11) is 0. The highest BCUT2D eigenvalue weighted by Crippen LogP contribution is 2.05. The summed E-state index contributed by atoms with van der Waals surface area (Å²) in [6.45, 7) is 0. The van der Waals surface area contributed by atoms with Crippen molar-refractivity contribution in [2.24, 2.45) is 0 Å². The molecule has 0 aromatic carbocycles. The number of imidazole rings is 1. The zero-order valence-corrected chi connectivity index (χ0v) is 5.36. The highest BCUT2D eigenvalue weighted by atomic mass is 15.0. The third-order valence-corrected chi connectivity index (χ3v) is 1.42. The maximum Gasteiger partial charge on any atom is 0.138 e. The summed E-state index contributed by atoms with van der Waals surface area (Å²) in [4.78, 5) is 4.06. The van der Waals surface area contributed by atoms with Crippen LogP contribution in [0.25, 0.3) is 5.65 Å². The number of nitrogens with two attached hydrogens (primary N) is 1. The highest BCUT2D eigenvalue weighted by Gasteiger charge is 1.90. The van der Waals surface area contributed by atoms with Gasteiger partial charge in [0.05, 0.1) is 0 Å². The molecule has 2 N–H and O–H groups in total. The van der Waals surface area contributed by atoms with E-state index in [0.29, 0.717) is 0 Å². The summed E-state index contributed by atoms with van der Waals surface area (Å²) in [6.07, 6.45) is 5.52. The Balaban J connectivity index is 2.86. The van der Waals surface area contributed by atoms with E-state index < -0.39 is 0 Å². The first-order valence-electron chi connectivity index (χ1n) is 3.04. The van der Waals surface area contributed by atoms with Crippen LogP contribution in [-0.4, -0.2) is 9.38 Å². The lowest BCUT2D eigenvalue weighted by Gasteiger charge is -1.92. The van der Waals surface area contributed by atoms with E-state index in [1.807, 2.05) is 28.9 Å². The normalized spacial score (nSPS) is 10.4. The van der Waals surface area contributed by atoms with Crippen molar-refractivity contribution in [3.63, 3.8) is 0 Å².